The van der Waals surface area contributed by atoms with Gasteiger partial charge in [-0.15, -0.1) is 0 Å². The van der Waals surface area contributed by atoms with Gasteiger partial charge in [0.2, 0.25) is 0 Å². The highest BCUT2D eigenvalue weighted by molar-refractivity contribution is 7.98. The van der Waals surface area contributed by atoms with Crippen molar-refractivity contribution in [3.8, 4) is 0 Å². The first kappa shape index (κ1) is 17.6. The SMILES string of the molecule is CCC1(OCCSC)CCN(C(=O)OC(C)(C)C)CC1. The van der Waals surface area contributed by atoms with Gasteiger partial charge in [-0.25, -0.2) is 4.79 Å². The molecular formula is C15H29NO3S. The summed E-state index contributed by atoms with van der Waals surface area (Å²) in [6.07, 6.45) is 4.69. The quantitative estimate of drug-likeness (QED) is 0.728. The van der Waals surface area contributed by atoms with Crippen LogP contribution in [0.4, 0.5) is 4.79 Å². The normalized spacial score (nSPS) is 18.9. The van der Waals surface area contributed by atoms with E-state index in [-0.39, 0.29) is 11.7 Å². The molecule has 5 heteroatoms. The third-order valence-corrected chi connectivity index (χ3v) is 4.24. The van der Waals surface area contributed by atoms with Crippen LogP contribution in [0.15, 0.2) is 0 Å². The largest absolute Gasteiger partial charge is 0.444 e. The Labute approximate surface area is 127 Å². The molecule has 0 bridgehead atoms. The monoisotopic (exact) mass is 303 g/mol. The zero-order chi connectivity index (χ0) is 15.2. The lowest BCUT2D eigenvalue weighted by Gasteiger charge is -2.41. The Kier molecular flexibility index (Phi) is 6.65. The van der Waals surface area contributed by atoms with E-state index in [1.165, 1.54) is 0 Å². The van der Waals surface area contributed by atoms with Gasteiger partial charge in [0.15, 0.2) is 0 Å². The number of rotatable bonds is 5. The molecule has 1 aliphatic heterocycles. The van der Waals surface area contributed by atoms with E-state index < -0.39 is 5.60 Å². The molecule has 0 aliphatic carbocycles. The Hall–Kier alpha value is -0.420. The Morgan fingerprint density at radius 1 is 1.30 bits per heavy atom. The van der Waals surface area contributed by atoms with E-state index in [9.17, 15) is 4.79 Å². The molecule has 1 aliphatic rings. The molecule has 118 valence electrons. The van der Waals surface area contributed by atoms with E-state index in [0.717, 1.165) is 44.7 Å². The minimum atomic E-state index is -0.425. The number of hydrogen-bond acceptors (Lipinski definition) is 4. The second-order valence-electron chi connectivity index (χ2n) is 6.35. The van der Waals surface area contributed by atoms with Crippen LogP contribution in [0.3, 0.4) is 0 Å². The van der Waals surface area contributed by atoms with E-state index in [4.69, 9.17) is 9.47 Å². The summed E-state index contributed by atoms with van der Waals surface area (Å²) in [5.74, 6) is 1.03. The highest BCUT2D eigenvalue weighted by atomic mass is 32.2. The fourth-order valence-corrected chi connectivity index (χ4v) is 2.61. The van der Waals surface area contributed by atoms with Gasteiger partial charge in [-0.3, -0.25) is 0 Å². The molecule has 0 saturated carbocycles. The molecule has 0 aromatic rings. The first-order chi connectivity index (χ1) is 9.32. The molecule has 0 unspecified atom stereocenters. The average molecular weight is 303 g/mol. The van der Waals surface area contributed by atoms with Crippen LogP contribution in [-0.4, -0.2) is 53.9 Å². The van der Waals surface area contributed by atoms with E-state index in [2.05, 4.69) is 13.2 Å². The molecule has 20 heavy (non-hydrogen) atoms. The molecule has 1 rings (SSSR count). The summed E-state index contributed by atoms with van der Waals surface area (Å²) in [4.78, 5) is 13.8. The number of amides is 1. The average Bonchev–Trinajstić information content (AvgIpc) is 2.38. The maximum atomic E-state index is 12.0. The van der Waals surface area contributed by atoms with Gasteiger partial charge in [-0.05, 0) is 46.3 Å². The molecule has 0 aromatic heterocycles. The lowest BCUT2D eigenvalue weighted by Crippen LogP contribution is -2.49. The van der Waals surface area contributed by atoms with Gasteiger partial charge >= 0.3 is 6.09 Å². The fraction of sp³-hybridized carbons (Fsp3) is 0.933. The second-order valence-corrected chi connectivity index (χ2v) is 7.33. The van der Waals surface area contributed by atoms with Crippen molar-refractivity contribution in [1.82, 2.24) is 4.90 Å². The number of piperidine rings is 1. The minimum absolute atomic E-state index is 0.0474. The topological polar surface area (TPSA) is 38.8 Å². The molecule has 1 heterocycles. The number of carbonyl (C=O) groups excluding carboxylic acids is 1. The Morgan fingerprint density at radius 3 is 2.35 bits per heavy atom. The van der Waals surface area contributed by atoms with Gasteiger partial charge in [-0.2, -0.15) is 11.8 Å². The first-order valence-corrected chi connectivity index (χ1v) is 8.82. The van der Waals surface area contributed by atoms with Crippen LogP contribution in [0.2, 0.25) is 0 Å². The Morgan fingerprint density at radius 2 is 1.90 bits per heavy atom. The lowest BCUT2D eigenvalue weighted by atomic mass is 9.88. The molecule has 4 nitrogen and oxygen atoms in total. The summed E-state index contributed by atoms with van der Waals surface area (Å²) in [5, 5.41) is 0. The predicted octanol–water partition coefficient (Wildman–Crippen LogP) is 3.55. The van der Waals surface area contributed by atoms with Crippen LogP contribution >= 0.6 is 11.8 Å². The van der Waals surface area contributed by atoms with Gasteiger partial charge in [0, 0.05) is 18.8 Å². The van der Waals surface area contributed by atoms with Gasteiger partial charge in [0.05, 0.1) is 12.2 Å². The zero-order valence-corrected chi connectivity index (χ0v) is 14.3. The number of carbonyl (C=O) groups is 1. The molecule has 0 spiro atoms. The van der Waals surface area contributed by atoms with Crippen molar-refractivity contribution in [1.29, 1.82) is 0 Å². The van der Waals surface area contributed by atoms with E-state index in [1.807, 2.05) is 20.8 Å². The number of ether oxygens (including phenoxy) is 2. The van der Waals surface area contributed by atoms with Crippen molar-refractivity contribution in [3.63, 3.8) is 0 Å². The Bertz CT molecular complexity index is 307. The first-order valence-electron chi connectivity index (χ1n) is 7.43. The maximum Gasteiger partial charge on any atom is 0.410 e. The van der Waals surface area contributed by atoms with Gasteiger partial charge in [0.1, 0.15) is 5.60 Å². The summed E-state index contributed by atoms with van der Waals surface area (Å²) in [6, 6.07) is 0. The lowest BCUT2D eigenvalue weighted by molar-refractivity contribution is -0.0811. The van der Waals surface area contributed by atoms with Crippen molar-refractivity contribution < 1.29 is 14.3 Å². The van der Waals surface area contributed by atoms with Crippen LogP contribution in [-0.2, 0) is 9.47 Å². The molecule has 0 aromatic carbocycles. The van der Waals surface area contributed by atoms with Crippen molar-refractivity contribution in [3.05, 3.63) is 0 Å². The summed E-state index contributed by atoms with van der Waals surface area (Å²) < 4.78 is 11.5. The summed E-state index contributed by atoms with van der Waals surface area (Å²) in [6.45, 7) is 10.1. The zero-order valence-electron chi connectivity index (χ0n) is 13.5. The van der Waals surface area contributed by atoms with Crippen LogP contribution < -0.4 is 0 Å². The van der Waals surface area contributed by atoms with Crippen molar-refractivity contribution in [2.75, 3.05) is 31.7 Å². The van der Waals surface area contributed by atoms with E-state index in [1.54, 1.807) is 16.7 Å². The highest BCUT2D eigenvalue weighted by Crippen LogP contribution is 2.30. The van der Waals surface area contributed by atoms with Crippen LogP contribution in [0.5, 0.6) is 0 Å². The van der Waals surface area contributed by atoms with Crippen LogP contribution in [0, 0.1) is 0 Å². The highest BCUT2D eigenvalue weighted by Gasteiger charge is 2.36. The number of nitrogens with zero attached hydrogens (tertiary/aromatic N) is 1. The molecule has 0 N–H and O–H groups in total. The number of thioether (sulfide) groups is 1. The minimum Gasteiger partial charge on any atom is -0.444 e. The van der Waals surface area contributed by atoms with Crippen molar-refractivity contribution >= 4 is 17.9 Å². The van der Waals surface area contributed by atoms with Gasteiger partial charge in [-0.1, -0.05) is 6.92 Å². The van der Waals surface area contributed by atoms with Crippen molar-refractivity contribution in [2.45, 2.75) is 58.2 Å². The molecule has 1 fully saturated rings. The fourth-order valence-electron chi connectivity index (χ4n) is 2.36. The molecular weight excluding hydrogens is 274 g/mol. The van der Waals surface area contributed by atoms with E-state index >= 15 is 0 Å². The standard InChI is InChI=1S/C15H29NO3S/c1-6-15(18-11-12-20-5)7-9-16(10-8-15)13(17)19-14(2,3)4/h6-12H2,1-5H3. The van der Waals surface area contributed by atoms with Crippen molar-refractivity contribution in [2.24, 2.45) is 0 Å². The third-order valence-electron chi connectivity index (χ3n) is 3.67. The second kappa shape index (κ2) is 7.55. The van der Waals surface area contributed by atoms with Gasteiger partial charge < -0.3 is 14.4 Å². The smallest absolute Gasteiger partial charge is 0.410 e. The molecule has 1 saturated heterocycles. The predicted molar refractivity (Wildman–Crippen MR) is 84.4 cm³/mol. The molecule has 0 radical (unpaired) electrons. The maximum absolute atomic E-state index is 12.0. The summed E-state index contributed by atoms with van der Waals surface area (Å²) in [7, 11) is 0. The Balaban J connectivity index is 2.46. The summed E-state index contributed by atoms with van der Waals surface area (Å²) in [5.41, 5.74) is -0.473. The summed E-state index contributed by atoms with van der Waals surface area (Å²) >= 11 is 1.80. The number of hydrogen-bond donors (Lipinski definition) is 0. The third kappa shape index (κ3) is 5.52. The number of likely N-dealkylation sites (tertiary alicyclic amines) is 1. The van der Waals surface area contributed by atoms with Crippen LogP contribution in [0.25, 0.3) is 0 Å². The molecule has 1 amide bonds. The van der Waals surface area contributed by atoms with Crippen LogP contribution in [0.1, 0.15) is 47.0 Å². The van der Waals surface area contributed by atoms with E-state index in [0.29, 0.717) is 0 Å². The van der Waals surface area contributed by atoms with Gasteiger partial charge in [0.25, 0.3) is 0 Å². The molecule has 0 atom stereocenters.